The van der Waals surface area contributed by atoms with Gasteiger partial charge in [0, 0.05) is 57.4 Å². The number of carbonyl (C=O) groups is 2. The molecule has 1 saturated heterocycles. The van der Waals surface area contributed by atoms with Crippen molar-refractivity contribution in [1.29, 1.82) is 0 Å². The number of amides is 2. The van der Waals surface area contributed by atoms with E-state index in [1.54, 1.807) is 16.0 Å². The number of nitrogens with one attached hydrogen (secondary N) is 1. The second kappa shape index (κ2) is 9.33. The molecule has 5 rings (SSSR count). The maximum absolute atomic E-state index is 13.4. The van der Waals surface area contributed by atoms with E-state index in [2.05, 4.69) is 20.7 Å². The number of thiophene rings is 1. The van der Waals surface area contributed by atoms with E-state index in [0.717, 1.165) is 74.7 Å². The van der Waals surface area contributed by atoms with E-state index in [9.17, 15) is 9.59 Å². The molecule has 32 heavy (non-hydrogen) atoms. The zero-order valence-electron chi connectivity index (χ0n) is 18.7. The molecule has 0 unspecified atom stereocenters. The van der Waals surface area contributed by atoms with Gasteiger partial charge in [0.15, 0.2) is 5.69 Å². The highest BCUT2D eigenvalue weighted by Gasteiger charge is 2.31. The minimum atomic E-state index is -0.155. The molecular formula is C23H31N5O3S. The lowest BCUT2D eigenvalue weighted by Gasteiger charge is -2.28. The van der Waals surface area contributed by atoms with Crippen molar-refractivity contribution in [1.82, 2.24) is 24.9 Å². The molecule has 0 saturated carbocycles. The Morgan fingerprint density at radius 2 is 1.94 bits per heavy atom. The predicted molar refractivity (Wildman–Crippen MR) is 122 cm³/mol. The third-order valence-electron chi connectivity index (χ3n) is 6.86. The van der Waals surface area contributed by atoms with Gasteiger partial charge >= 0.3 is 0 Å². The monoisotopic (exact) mass is 457 g/mol. The molecule has 0 radical (unpaired) electrons. The molecule has 2 aromatic heterocycles. The van der Waals surface area contributed by atoms with Crippen molar-refractivity contribution in [2.24, 2.45) is 7.05 Å². The second-order valence-electron chi connectivity index (χ2n) is 8.86. The molecule has 3 aliphatic rings. The molecular weight excluding hydrogens is 426 g/mol. The SMILES string of the molecule is Cn1nc(C(=O)NCCN2CCOCC2)c2c1CCN(C(=O)c1scc3c1CCCC3)C2. The number of ether oxygens (including phenoxy) is 1. The van der Waals surface area contributed by atoms with Crippen LogP contribution in [-0.4, -0.2) is 77.3 Å². The Labute approximate surface area is 192 Å². The number of rotatable bonds is 5. The fourth-order valence-electron chi connectivity index (χ4n) is 5.03. The minimum Gasteiger partial charge on any atom is -0.379 e. The molecule has 1 fully saturated rings. The summed E-state index contributed by atoms with van der Waals surface area (Å²) in [4.78, 5) is 31.4. The molecule has 2 aliphatic heterocycles. The third kappa shape index (κ3) is 4.21. The van der Waals surface area contributed by atoms with Crippen molar-refractivity contribution < 1.29 is 14.3 Å². The maximum Gasteiger partial charge on any atom is 0.272 e. The second-order valence-corrected chi connectivity index (χ2v) is 9.74. The van der Waals surface area contributed by atoms with E-state index in [4.69, 9.17) is 4.74 Å². The van der Waals surface area contributed by atoms with Crippen LogP contribution in [0.25, 0.3) is 0 Å². The lowest BCUT2D eigenvalue weighted by atomic mass is 9.93. The summed E-state index contributed by atoms with van der Waals surface area (Å²) in [5.74, 6) is -0.0516. The standard InChI is InChI=1S/C23H31N5O3S/c1-26-19-6-8-28(23(30)21-17-5-3-2-4-16(17)15-32-21)14-18(19)20(25-26)22(29)24-7-9-27-10-12-31-13-11-27/h15H,2-14H2,1H3,(H,24,29). The molecule has 4 heterocycles. The molecule has 2 amide bonds. The van der Waals surface area contributed by atoms with Gasteiger partial charge in [-0.15, -0.1) is 11.3 Å². The number of hydrogen-bond donors (Lipinski definition) is 1. The van der Waals surface area contributed by atoms with E-state index in [0.29, 0.717) is 25.3 Å². The summed E-state index contributed by atoms with van der Waals surface area (Å²) in [6, 6.07) is 0. The largest absolute Gasteiger partial charge is 0.379 e. The van der Waals surface area contributed by atoms with Gasteiger partial charge < -0.3 is 15.0 Å². The Morgan fingerprint density at radius 1 is 1.12 bits per heavy atom. The zero-order valence-corrected chi connectivity index (χ0v) is 19.5. The number of morpholine rings is 1. The first-order valence-electron chi connectivity index (χ1n) is 11.6. The Bertz CT molecular complexity index is 1010. The van der Waals surface area contributed by atoms with Gasteiger partial charge in [0.2, 0.25) is 0 Å². The van der Waals surface area contributed by atoms with Crippen LogP contribution in [-0.2, 0) is 37.6 Å². The summed E-state index contributed by atoms with van der Waals surface area (Å²) in [5.41, 5.74) is 5.01. The maximum atomic E-state index is 13.4. The summed E-state index contributed by atoms with van der Waals surface area (Å²) < 4.78 is 7.18. The smallest absolute Gasteiger partial charge is 0.272 e. The van der Waals surface area contributed by atoms with Gasteiger partial charge in [0.25, 0.3) is 11.8 Å². The van der Waals surface area contributed by atoms with Crippen LogP contribution in [0.1, 0.15) is 55.4 Å². The number of nitrogens with zero attached hydrogens (tertiary/aromatic N) is 4. The van der Waals surface area contributed by atoms with Gasteiger partial charge in [-0.25, -0.2) is 0 Å². The van der Waals surface area contributed by atoms with E-state index in [1.807, 2.05) is 11.9 Å². The lowest BCUT2D eigenvalue weighted by Crippen LogP contribution is -2.41. The first-order chi connectivity index (χ1) is 15.6. The summed E-state index contributed by atoms with van der Waals surface area (Å²) in [7, 11) is 1.89. The molecule has 0 atom stereocenters. The highest BCUT2D eigenvalue weighted by molar-refractivity contribution is 7.12. The van der Waals surface area contributed by atoms with Crippen LogP contribution in [0.3, 0.4) is 0 Å². The van der Waals surface area contributed by atoms with Gasteiger partial charge in [-0.05, 0) is 42.2 Å². The Morgan fingerprint density at radius 3 is 2.78 bits per heavy atom. The Hall–Kier alpha value is -2.23. The topological polar surface area (TPSA) is 79.7 Å². The highest BCUT2D eigenvalue weighted by Crippen LogP contribution is 2.32. The highest BCUT2D eigenvalue weighted by atomic mass is 32.1. The van der Waals surface area contributed by atoms with E-state index in [1.165, 1.54) is 17.5 Å². The molecule has 0 aromatic carbocycles. The molecule has 0 spiro atoms. The Balaban J connectivity index is 1.27. The van der Waals surface area contributed by atoms with E-state index >= 15 is 0 Å². The van der Waals surface area contributed by atoms with Crippen molar-refractivity contribution in [2.45, 2.75) is 38.6 Å². The summed E-state index contributed by atoms with van der Waals surface area (Å²) in [5, 5.41) is 9.70. The number of hydrogen-bond acceptors (Lipinski definition) is 6. The fraction of sp³-hybridized carbons (Fsp3) is 0.609. The van der Waals surface area contributed by atoms with Crippen molar-refractivity contribution in [3.63, 3.8) is 0 Å². The molecule has 2 aromatic rings. The van der Waals surface area contributed by atoms with Crippen LogP contribution in [0.4, 0.5) is 0 Å². The number of aryl methyl sites for hydroxylation is 2. The fourth-order valence-corrected chi connectivity index (χ4v) is 6.15. The van der Waals surface area contributed by atoms with Crippen molar-refractivity contribution >= 4 is 23.2 Å². The van der Waals surface area contributed by atoms with E-state index < -0.39 is 0 Å². The van der Waals surface area contributed by atoms with Crippen LogP contribution in [0, 0.1) is 0 Å². The van der Waals surface area contributed by atoms with Crippen molar-refractivity contribution in [3.05, 3.63) is 38.3 Å². The van der Waals surface area contributed by atoms with Crippen LogP contribution in [0.5, 0.6) is 0 Å². The summed E-state index contributed by atoms with van der Waals surface area (Å²) >= 11 is 1.58. The predicted octanol–water partition coefficient (Wildman–Crippen LogP) is 1.62. The normalized spacial score (nSPS) is 18.8. The Kier molecular flexibility index (Phi) is 6.30. The molecule has 9 heteroatoms. The van der Waals surface area contributed by atoms with Crippen LogP contribution in [0.2, 0.25) is 0 Å². The minimum absolute atomic E-state index is 0.103. The van der Waals surface area contributed by atoms with Gasteiger partial charge in [0.1, 0.15) is 0 Å². The molecule has 0 bridgehead atoms. The van der Waals surface area contributed by atoms with E-state index in [-0.39, 0.29) is 11.8 Å². The third-order valence-corrected chi connectivity index (χ3v) is 7.92. The summed E-state index contributed by atoms with van der Waals surface area (Å²) in [6.07, 6.45) is 5.18. The molecule has 8 nitrogen and oxygen atoms in total. The number of carbonyl (C=O) groups excluding carboxylic acids is 2. The average Bonchev–Trinajstić information content (AvgIpc) is 3.40. The number of aromatic nitrogens is 2. The first kappa shape index (κ1) is 21.6. The quantitative estimate of drug-likeness (QED) is 0.738. The van der Waals surface area contributed by atoms with Gasteiger partial charge in [-0.1, -0.05) is 0 Å². The van der Waals surface area contributed by atoms with Crippen LogP contribution in [0.15, 0.2) is 5.38 Å². The first-order valence-corrected chi connectivity index (χ1v) is 12.5. The average molecular weight is 458 g/mol. The molecule has 1 aliphatic carbocycles. The van der Waals surface area contributed by atoms with Crippen molar-refractivity contribution in [2.75, 3.05) is 45.9 Å². The molecule has 1 N–H and O–H groups in total. The molecule has 172 valence electrons. The van der Waals surface area contributed by atoms with Crippen LogP contribution < -0.4 is 5.32 Å². The van der Waals surface area contributed by atoms with Crippen LogP contribution >= 0.6 is 11.3 Å². The van der Waals surface area contributed by atoms with Gasteiger partial charge in [0.05, 0.1) is 24.6 Å². The van der Waals surface area contributed by atoms with Crippen molar-refractivity contribution in [3.8, 4) is 0 Å². The van der Waals surface area contributed by atoms with Gasteiger partial charge in [-0.2, -0.15) is 5.10 Å². The lowest BCUT2D eigenvalue weighted by molar-refractivity contribution is 0.0383. The zero-order chi connectivity index (χ0) is 22.1. The summed E-state index contributed by atoms with van der Waals surface area (Å²) in [6.45, 7) is 5.79. The van der Waals surface area contributed by atoms with Gasteiger partial charge in [-0.3, -0.25) is 19.2 Å². The number of fused-ring (bicyclic) bond motifs is 2.